The minimum absolute atomic E-state index is 0.165. The number of fused-ring (bicyclic) bond motifs is 2. The highest BCUT2D eigenvalue weighted by molar-refractivity contribution is 7.99. The lowest BCUT2D eigenvalue weighted by Gasteiger charge is -2.28. The molecular weight excluding hydrogens is 631 g/mol. The third-order valence-electron chi connectivity index (χ3n) is 8.60. The normalized spacial score (nSPS) is 13.7. The van der Waals surface area contributed by atoms with Gasteiger partial charge in [-0.05, 0) is 78.7 Å². The van der Waals surface area contributed by atoms with Crippen LogP contribution < -0.4 is 10.2 Å². The quantitative estimate of drug-likeness (QED) is 0.0963. The van der Waals surface area contributed by atoms with Crippen LogP contribution in [-0.2, 0) is 16.0 Å². The number of para-hydroxylation sites is 1. The zero-order valence-electron chi connectivity index (χ0n) is 27.3. The number of benzene rings is 4. The summed E-state index contributed by atoms with van der Waals surface area (Å²) in [4.78, 5) is 27.0. The highest BCUT2D eigenvalue weighted by atomic mass is 32.2. The number of anilines is 4. The zero-order chi connectivity index (χ0) is 33.3. The van der Waals surface area contributed by atoms with Crippen LogP contribution in [0.15, 0.2) is 116 Å². The average Bonchev–Trinajstić information content (AvgIpc) is 3.61. The molecule has 4 aromatic carbocycles. The number of aromatic nitrogens is 4. The summed E-state index contributed by atoms with van der Waals surface area (Å²) >= 11 is 1.84. The molecule has 0 aliphatic carbocycles. The van der Waals surface area contributed by atoms with Crippen molar-refractivity contribution in [3.8, 4) is 0 Å². The Kier molecular flexibility index (Phi) is 10.6. The number of morpholine rings is 1. The van der Waals surface area contributed by atoms with E-state index >= 15 is 0 Å². The Hall–Kier alpha value is -5.03. The molecule has 0 radical (unpaired) electrons. The molecule has 6 aromatic rings. The molecule has 0 saturated carbocycles. The van der Waals surface area contributed by atoms with Gasteiger partial charge in [0, 0.05) is 47.1 Å². The Morgan fingerprint density at radius 3 is 2.73 bits per heavy atom. The van der Waals surface area contributed by atoms with E-state index in [0.717, 1.165) is 95.9 Å². The SMILES string of the molecule is O=C(C=CCSCCCN1CCOCC1)Nc1ccc2ncnc(N(c3ccc4[nH]ncc4c3)c3ccccc3Cc3ccccc3)c2c1. The second kappa shape index (κ2) is 15.9. The number of thioether (sulfide) groups is 1. The van der Waals surface area contributed by atoms with Crippen LogP contribution in [0, 0.1) is 0 Å². The lowest BCUT2D eigenvalue weighted by molar-refractivity contribution is -0.111. The molecule has 7 rings (SSSR count). The molecule has 1 saturated heterocycles. The fraction of sp³-hybridized carbons (Fsp3) is 0.231. The highest BCUT2D eigenvalue weighted by Crippen LogP contribution is 2.40. The predicted octanol–water partition coefficient (Wildman–Crippen LogP) is 7.52. The Balaban J connectivity index is 1.13. The molecule has 10 heteroatoms. The number of carbonyl (C=O) groups excluding carboxylic acids is 1. The first-order chi connectivity index (χ1) is 24.2. The molecule has 0 unspecified atom stereocenters. The lowest BCUT2D eigenvalue weighted by Crippen LogP contribution is -2.36. The molecule has 49 heavy (non-hydrogen) atoms. The predicted molar refractivity (Wildman–Crippen MR) is 200 cm³/mol. The summed E-state index contributed by atoms with van der Waals surface area (Å²) in [6.07, 6.45) is 8.87. The molecule has 9 nitrogen and oxygen atoms in total. The van der Waals surface area contributed by atoms with Gasteiger partial charge in [-0.15, -0.1) is 0 Å². The number of carbonyl (C=O) groups is 1. The summed E-state index contributed by atoms with van der Waals surface area (Å²) in [5.74, 6) is 2.41. The van der Waals surface area contributed by atoms with Crippen LogP contribution in [0.25, 0.3) is 21.8 Å². The Morgan fingerprint density at radius 1 is 0.980 bits per heavy atom. The highest BCUT2D eigenvalue weighted by Gasteiger charge is 2.21. The molecule has 1 aliphatic rings. The fourth-order valence-electron chi connectivity index (χ4n) is 6.14. The van der Waals surface area contributed by atoms with Crippen molar-refractivity contribution in [3.63, 3.8) is 0 Å². The molecule has 2 N–H and O–H groups in total. The molecule has 0 atom stereocenters. The van der Waals surface area contributed by atoms with Crippen molar-refractivity contribution in [1.82, 2.24) is 25.1 Å². The number of rotatable bonds is 13. The average molecular weight is 670 g/mol. The summed E-state index contributed by atoms with van der Waals surface area (Å²) in [5, 5.41) is 12.2. The Labute approximate surface area is 290 Å². The van der Waals surface area contributed by atoms with Crippen LogP contribution in [0.4, 0.5) is 22.9 Å². The van der Waals surface area contributed by atoms with Gasteiger partial charge in [-0.2, -0.15) is 16.9 Å². The van der Waals surface area contributed by atoms with E-state index in [1.165, 1.54) is 5.56 Å². The van der Waals surface area contributed by atoms with Gasteiger partial charge in [-0.1, -0.05) is 54.6 Å². The van der Waals surface area contributed by atoms with E-state index in [9.17, 15) is 4.79 Å². The third kappa shape index (κ3) is 8.17. The topological polar surface area (TPSA) is 99.3 Å². The lowest BCUT2D eigenvalue weighted by atomic mass is 10.0. The summed E-state index contributed by atoms with van der Waals surface area (Å²) in [6, 6.07) is 30.9. The van der Waals surface area contributed by atoms with Gasteiger partial charge < -0.3 is 10.1 Å². The first-order valence-electron chi connectivity index (χ1n) is 16.7. The van der Waals surface area contributed by atoms with Crippen LogP contribution in [0.2, 0.25) is 0 Å². The number of aromatic amines is 1. The number of nitrogens with zero attached hydrogens (tertiary/aromatic N) is 5. The van der Waals surface area contributed by atoms with Crippen molar-refractivity contribution in [2.45, 2.75) is 12.8 Å². The van der Waals surface area contributed by atoms with Crippen molar-refractivity contribution >= 4 is 62.4 Å². The van der Waals surface area contributed by atoms with E-state index in [-0.39, 0.29) is 5.91 Å². The number of nitrogens with one attached hydrogen (secondary N) is 2. The maximum absolute atomic E-state index is 12.9. The van der Waals surface area contributed by atoms with E-state index in [4.69, 9.17) is 9.72 Å². The summed E-state index contributed by atoms with van der Waals surface area (Å²) in [7, 11) is 0. The molecule has 0 spiro atoms. The van der Waals surface area contributed by atoms with Crippen molar-refractivity contribution in [2.75, 3.05) is 54.6 Å². The first kappa shape index (κ1) is 32.5. The largest absolute Gasteiger partial charge is 0.379 e. The van der Waals surface area contributed by atoms with Crippen molar-refractivity contribution in [2.24, 2.45) is 0 Å². The fourth-order valence-corrected chi connectivity index (χ4v) is 6.88. The van der Waals surface area contributed by atoms with Crippen LogP contribution in [0.3, 0.4) is 0 Å². The molecule has 2 aromatic heterocycles. The van der Waals surface area contributed by atoms with Crippen molar-refractivity contribution in [1.29, 1.82) is 0 Å². The number of hydrogen-bond donors (Lipinski definition) is 2. The second-order valence-electron chi connectivity index (χ2n) is 12.0. The third-order valence-corrected chi connectivity index (χ3v) is 9.60. The minimum Gasteiger partial charge on any atom is -0.379 e. The first-order valence-corrected chi connectivity index (χ1v) is 17.8. The molecule has 1 amide bonds. The number of ether oxygens (including phenoxy) is 1. The van der Waals surface area contributed by atoms with Crippen LogP contribution in [0.1, 0.15) is 17.5 Å². The minimum atomic E-state index is -0.165. The van der Waals surface area contributed by atoms with E-state index in [2.05, 4.69) is 91.0 Å². The smallest absolute Gasteiger partial charge is 0.248 e. The zero-order valence-corrected chi connectivity index (χ0v) is 28.1. The Morgan fingerprint density at radius 2 is 1.84 bits per heavy atom. The molecule has 1 aliphatic heterocycles. The van der Waals surface area contributed by atoms with Crippen molar-refractivity contribution < 1.29 is 9.53 Å². The summed E-state index contributed by atoms with van der Waals surface area (Å²) < 4.78 is 5.43. The number of H-pyrrole nitrogens is 1. The monoisotopic (exact) mass is 669 g/mol. The van der Waals surface area contributed by atoms with Gasteiger partial charge in [-0.25, -0.2) is 9.97 Å². The molecule has 3 heterocycles. The van der Waals surface area contributed by atoms with Gasteiger partial charge >= 0.3 is 0 Å². The van der Waals surface area contributed by atoms with Crippen LogP contribution in [-0.4, -0.2) is 75.3 Å². The van der Waals surface area contributed by atoms with Gasteiger partial charge in [-0.3, -0.25) is 19.7 Å². The van der Waals surface area contributed by atoms with Crippen molar-refractivity contribution in [3.05, 3.63) is 127 Å². The molecule has 0 bridgehead atoms. The van der Waals surface area contributed by atoms with Gasteiger partial charge in [0.25, 0.3) is 0 Å². The number of amides is 1. The second-order valence-corrected chi connectivity index (χ2v) is 13.1. The molecular formula is C39H39N7O2S. The molecule has 1 fully saturated rings. The summed E-state index contributed by atoms with van der Waals surface area (Å²) in [5.41, 5.74) is 6.74. The molecule has 248 valence electrons. The van der Waals surface area contributed by atoms with E-state index in [0.29, 0.717) is 11.5 Å². The maximum Gasteiger partial charge on any atom is 0.248 e. The van der Waals surface area contributed by atoms with Gasteiger partial charge in [0.1, 0.15) is 12.1 Å². The van der Waals surface area contributed by atoms with E-state index in [1.54, 1.807) is 12.4 Å². The van der Waals surface area contributed by atoms with E-state index in [1.807, 2.05) is 54.4 Å². The maximum atomic E-state index is 12.9. The number of hydrogen-bond acceptors (Lipinski definition) is 8. The van der Waals surface area contributed by atoms with Gasteiger partial charge in [0.05, 0.1) is 36.1 Å². The van der Waals surface area contributed by atoms with E-state index < -0.39 is 0 Å². The van der Waals surface area contributed by atoms with Crippen LogP contribution in [0.5, 0.6) is 0 Å². The van der Waals surface area contributed by atoms with Gasteiger partial charge in [0.2, 0.25) is 5.91 Å². The van der Waals surface area contributed by atoms with Crippen LogP contribution >= 0.6 is 11.8 Å². The standard InChI is InChI=1S/C39H39N7O2S/c47-38(12-6-22-49-23-7-17-45-18-20-48-21-19-45)43-32-13-15-36-34(26-32)39(41-28-40-36)46(33-14-16-35-31(25-33)27-42-44-35)37-11-5-4-10-30(37)24-29-8-2-1-3-9-29/h1-6,8-16,25-28H,7,17-24H2,(H,42,44)(H,43,47). The van der Waals surface area contributed by atoms with Gasteiger partial charge in [0.15, 0.2) is 0 Å². The summed E-state index contributed by atoms with van der Waals surface area (Å²) in [6.45, 7) is 4.81. The Bertz CT molecular complexity index is 2040.